The van der Waals surface area contributed by atoms with Crippen molar-refractivity contribution in [2.45, 2.75) is 13.0 Å². The van der Waals surface area contributed by atoms with Crippen molar-refractivity contribution in [1.82, 2.24) is 4.98 Å². The monoisotopic (exact) mass is 378 g/mol. The molecule has 0 fully saturated rings. The number of aliphatic hydroxyl groups excluding tert-OH is 1. The van der Waals surface area contributed by atoms with Crippen molar-refractivity contribution in [3.63, 3.8) is 0 Å². The van der Waals surface area contributed by atoms with Gasteiger partial charge in [-0.3, -0.25) is 14.5 Å². The number of benzene rings is 1. The van der Waals surface area contributed by atoms with E-state index in [1.54, 1.807) is 11.6 Å². The average molecular weight is 379 g/mol. The molecule has 1 aliphatic heterocycles. The van der Waals surface area contributed by atoms with Gasteiger partial charge in [-0.05, 0) is 24.6 Å². The number of hydrogen-bond donors (Lipinski definition) is 1. The summed E-state index contributed by atoms with van der Waals surface area (Å²) in [6, 6.07) is 6.61. The van der Waals surface area contributed by atoms with Crippen LogP contribution in [0.3, 0.4) is 0 Å². The van der Waals surface area contributed by atoms with Gasteiger partial charge in [0.05, 0.1) is 11.6 Å². The molecule has 0 unspecified atom stereocenters. The highest BCUT2D eigenvalue weighted by molar-refractivity contribution is 9.10. The van der Waals surface area contributed by atoms with Crippen LogP contribution >= 0.6 is 27.3 Å². The number of anilines is 1. The summed E-state index contributed by atoms with van der Waals surface area (Å²) in [6.07, 6.45) is 1.58. The number of aromatic nitrogens is 1. The summed E-state index contributed by atoms with van der Waals surface area (Å²) in [5.74, 6) is -1.44. The van der Waals surface area contributed by atoms with E-state index in [1.807, 2.05) is 24.3 Å². The molecule has 22 heavy (non-hydrogen) atoms. The first-order valence-corrected chi connectivity index (χ1v) is 8.10. The van der Waals surface area contributed by atoms with Crippen LogP contribution < -0.4 is 4.90 Å². The fourth-order valence-electron chi connectivity index (χ4n) is 2.46. The number of thiazole rings is 1. The van der Waals surface area contributed by atoms with E-state index in [0.29, 0.717) is 5.13 Å². The molecule has 0 spiro atoms. The van der Waals surface area contributed by atoms with Crippen molar-refractivity contribution >= 4 is 44.1 Å². The van der Waals surface area contributed by atoms with Crippen LogP contribution in [0.1, 0.15) is 18.5 Å². The van der Waals surface area contributed by atoms with E-state index in [1.165, 1.54) is 23.2 Å². The second-order valence-corrected chi connectivity index (χ2v) is 6.55. The normalized spacial score (nSPS) is 18.2. The molecule has 7 heteroatoms. The van der Waals surface area contributed by atoms with E-state index in [2.05, 4.69) is 20.9 Å². The van der Waals surface area contributed by atoms with Gasteiger partial charge in [0.2, 0.25) is 0 Å². The third-order valence-corrected chi connectivity index (χ3v) is 4.70. The lowest BCUT2D eigenvalue weighted by Gasteiger charge is -2.24. The standard InChI is InChI=1S/C15H11BrN2O3S/c1-8(19)11-12(9-2-4-10(16)5-3-9)18(14(21)13(11)20)15-17-6-7-22-15/h2-7,12,20H,1H3/t12-/m0/s1. The predicted molar refractivity (Wildman–Crippen MR) is 86.8 cm³/mol. The molecule has 0 bridgehead atoms. The quantitative estimate of drug-likeness (QED) is 0.888. The fourth-order valence-corrected chi connectivity index (χ4v) is 3.39. The minimum Gasteiger partial charge on any atom is -0.503 e. The molecule has 1 atom stereocenters. The maximum Gasteiger partial charge on any atom is 0.296 e. The number of rotatable bonds is 3. The topological polar surface area (TPSA) is 70.5 Å². The fraction of sp³-hybridized carbons (Fsp3) is 0.133. The summed E-state index contributed by atoms with van der Waals surface area (Å²) in [5, 5.41) is 12.3. The third kappa shape index (κ3) is 2.36. The van der Waals surface area contributed by atoms with Crippen molar-refractivity contribution in [2.24, 2.45) is 0 Å². The molecule has 1 aromatic carbocycles. The van der Waals surface area contributed by atoms with Crippen molar-refractivity contribution in [3.05, 3.63) is 57.2 Å². The number of halogens is 1. The van der Waals surface area contributed by atoms with Gasteiger partial charge in [-0.1, -0.05) is 28.1 Å². The SMILES string of the molecule is CC(=O)C1=C(O)C(=O)N(c2nccs2)[C@H]1c1ccc(Br)cc1. The Morgan fingerprint density at radius 1 is 1.36 bits per heavy atom. The number of ketones is 1. The van der Waals surface area contributed by atoms with Crippen LogP contribution in [0.2, 0.25) is 0 Å². The lowest BCUT2D eigenvalue weighted by molar-refractivity contribution is -0.117. The number of aliphatic hydroxyl groups is 1. The summed E-state index contributed by atoms with van der Waals surface area (Å²) in [7, 11) is 0. The number of nitrogens with zero attached hydrogens (tertiary/aromatic N) is 2. The maximum absolute atomic E-state index is 12.4. The zero-order valence-corrected chi connectivity index (χ0v) is 13.9. The number of amides is 1. The molecule has 1 N–H and O–H groups in total. The Balaban J connectivity index is 2.16. The summed E-state index contributed by atoms with van der Waals surface area (Å²) >= 11 is 4.63. The molecule has 5 nitrogen and oxygen atoms in total. The first kappa shape index (κ1) is 14.9. The van der Waals surface area contributed by atoms with Gasteiger partial charge in [0, 0.05) is 16.0 Å². The lowest BCUT2D eigenvalue weighted by Crippen LogP contribution is -2.30. The van der Waals surface area contributed by atoms with Gasteiger partial charge < -0.3 is 5.11 Å². The van der Waals surface area contributed by atoms with E-state index < -0.39 is 17.7 Å². The smallest absolute Gasteiger partial charge is 0.296 e. The second-order valence-electron chi connectivity index (χ2n) is 4.76. The first-order valence-electron chi connectivity index (χ1n) is 6.43. The highest BCUT2D eigenvalue weighted by Gasteiger charge is 2.44. The number of carbonyl (C=O) groups excluding carboxylic acids is 2. The second kappa shape index (κ2) is 5.66. The molecule has 0 aliphatic carbocycles. The summed E-state index contributed by atoms with van der Waals surface area (Å²) in [4.78, 5) is 29.8. The highest BCUT2D eigenvalue weighted by Crippen LogP contribution is 2.41. The Kier molecular flexibility index (Phi) is 3.84. The van der Waals surface area contributed by atoms with Gasteiger partial charge in [0.25, 0.3) is 5.91 Å². The number of Topliss-reactive ketones (excluding diaryl/α,β-unsaturated/α-hetero) is 1. The minimum absolute atomic E-state index is 0.0996. The molecular formula is C15H11BrN2O3S. The van der Waals surface area contributed by atoms with Gasteiger partial charge >= 0.3 is 0 Å². The molecule has 2 aromatic rings. The Morgan fingerprint density at radius 3 is 2.59 bits per heavy atom. The van der Waals surface area contributed by atoms with Crippen molar-refractivity contribution in [2.75, 3.05) is 4.90 Å². The van der Waals surface area contributed by atoms with Crippen LogP contribution in [0, 0.1) is 0 Å². The predicted octanol–water partition coefficient (Wildman–Crippen LogP) is 3.39. The van der Waals surface area contributed by atoms with Crippen molar-refractivity contribution in [1.29, 1.82) is 0 Å². The zero-order valence-electron chi connectivity index (χ0n) is 11.5. The Bertz CT molecular complexity index is 769. The van der Waals surface area contributed by atoms with Crippen molar-refractivity contribution < 1.29 is 14.7 Å². The molecule has 112 valence electrons. The van der Waals surface area contributed by atoms with Gasteiger partial charge in [-0.15, -0.1) is 11.3 Å². The molecule has 1 aromatic heterocycles. The molecule has 3 rings (SSSR count). The Labute approximate surface area is 139 Å². The van der Waals surface area contributed by atoms with Crippen LogP contribution in [-0.4, -0.2) is 21.8 Å². The van der Waals surface area contributed by atoms with E-state index in [4.69, 9.17) is 0 Å². The lowest BCUT2D eigenvalue weighted by atomic mass is 9.97. The van der Waals surface area contributed by atoms with Gasteiger partial charge in [0.15, 0.2) is 16.7 Å². The summed E-state index contributed by atoms with van der Waals surface area (Å²) in [5.41, 5.74) is 0.837. The molecule has 2 heterocycles. The van der Waals surface area contributed by atoms with Gasteiger partial charge in [-0.2, -0.15) is 0 Å². The van der Waals surface area contributed by atoms with Crippen LogP contribution in [0.4, 0.5) is 5.13 Å². The van der Waals surface area contributed by atoms with Crippen LogP contribution in [0.15, 0.2) is 51.6 Å². The Hall–Kier alpha value is -1.99. The minimum atomic E-state index is -0.663. The van der Waals surface area contributed by atoms with E-state index in [-0.39, 0.29) is 11.4 Å². The van der Waals surface area contributed by atoms with E-state index in [0.717, 1.165) is 10.0 Å². The van der Waals surface area contributed by atoms with Gasteiger partial charge in [-0.25, -0.2) is 4.98 Å². The average Bonchev–Trinajstić information content (AvgIpc) is 3.08. The van der Waals surface area contributed by atoms with Crippen LogP contribution in [0.5, 0.6) is 0 Å². The first-order chi connectivity index (χ1) is 10.5. The van der Waals surface area contributed by atoms with Crippen LogP contribution in [-0.2, 0) is 9.59 Å². The maximum atomic E-state index is 12.4. The molecule has 0 saturated carbocycles. The van der Waals surface area contributed by atoms with Crippen molar-refractivity contribution in [3.8, 4) is 0 Å². The Morgan fingerprint density at radius 2 is 2.05 bits per heavy atom. The zero-order chi connectivity index (χ0) is 15.9. The molecule has 0 radical (unpaired) electrons. The summed E-state index contributed by atoms with van der Waals surface area (Å²) in [6.45, 7) is 1.34. The number of hydrogen-bond acceptors (Lipinski definition) is 5. The molecule has 0 saturated heterocycles. The third-order valence-electron chi connectivity index (χ3n) is 3.40. The molecular weight excluding hydrogens is 368 g/mol. The molecule has 1 aliphatic rings. The van der Waals surface area contributed by atoms with Gasteiger partial charge in [0.1, 0.15) is 0 Å². The van der Waals surface area contributed by atoms with E-state index >= 15 is 0 Å². The largest absolute Gasteiger partial charge is 0.503 e. The van der Waals surface area contributed by atoms with Crippen LogP contribution in [0.25, 0.3) is 0 Å². The number of carbonyl (C=O) groups is 2. The van der Waals surface area contributed by atoms with E-state index in [9.17, 15) is 14.7 Å². The summed E-state index contributed by atoms with van der Waals surface area (Å²) < 4.78 is 0.888. The highest BCUT2D eigenvalue weighted by atomic mass is 79.9. The molecule has 1 amide bonds.